The van der Waals surface area contributed by atoms with Crippen molar-refractivity contribution in [2.45, 2.75) is 31.8 Å². The van der Waals surface area contributed by atoms with E-state index in [9.17, 15) is 18.0 Å². The number of hydrogen-bond donors (Lipinski definition) is 1. The Labute approximate surface area is 140 Å². The van der Waals surface area contributed by atoms with Crippen LogP contribution in [0.25, 0.3) is 0 Å². The van der Waals surface area contributed by atoms with E-state index in [4.69, 9.17) is 10.5 Å². The summed E-state index contributed by atoms with van der Waals surface area (Å²) in [6.45, 7) is 4.41. The van der Waals surface area contributed by atoms with Crippen LogP contribution < -0.4 is 5.73 Å². The monoisotopic (exact) mass is 355 g/mol. The molecule has 2 atom stereocenters. The lowest BCUT2D eigenvalue weighted by Gasteiger charge is -2.35. The number of sulfone groups is 1. The molecule has 24 heavy (non-hydrogen) atoms. The van der Waals surface area contributed by atoms with Crippen LogP contribution in [0.1, 0.15) is 30.0 Å². The molecule has 0 bridgehead atoms. The Bertz CT molecular complexity index is 724. The Morgan fingerprint density at radius 1 is 1.29 bits per heavy atom. The van der Waals surface area contributed by atoms with Crippen molar-refractivity contribution in [2.75, 3.05) is 18.8 Å². The second kappa shape index (κ2) is 7.27. The lowest BCUT2D eigenvalue weighted by Crippen LogP contribution is -2.49. The smallest absolute Gasteiger partial charge is 0.267 e. The molecule has 8 nitrogen and oxygen atoms in total. The molecule has 2 rings (SSSR count). The van der Waals surface area contributed by atoms with Gasteiger partial charge in [-0.3, -0.25) is 9.59 Å². The average Bonchev–Trinajstić information content (AvgIpc) is 2.45. The predicted molar refractivity (Wildman–Crippen MR) is 86.8 cm³/mol. The van der Waals surface area contributed by atoms with E-state index >= 15 is 0 Å². The molecule has 1 fully saturated rings. The van der Waals surface area contributed by atoms with E-state index in [1.165, 1.54) is 23.1 Å². The minimum absolute atomic E-state index is 0.00939. The molecule has 132 valence electrons. The second-order valence-electron chi connectivity index (χ2n) is 5.97. The molecule has 2 unspecified atom stereocenters. The van der Waals surface area contributed by atoms with Crippen LogP contribution in [0.5, 0.6) is 0 Å². The van der Waals surface area contributed by atoms with Crippen molar-refractivity contribution in [3.05, 3.63) is 29.6 Å². The van der Waals surface area contributed by atoms with Gasteiger partial charge in [-0.05, 0) is 26.0 Å². The highest BCUT2D eigenvalue weighted by Gasteiger charge is 2.29. The molecule has 0 spiro atoms. The van der Waals surface area contributed by atoms with Crippen LogP contribution in [0.4, 0.5) is 0 Å². The number of morpholine rings is 1. The Kier molecular flexibility index (Phi) is 5.55. The minimum atomic E-state index is -3.71. The number of nitrogens with two attached hydrogens (primary N) is 1. The molecule has 1 aliphatic rings. The Hall–Kier alpha value is -2.00. The standard InChI is InChI=1S/C15H21N3O5S/c1-10-6-18(7-11(2)23-10)14(19)9-24(21,22)8-12-4-3-5-13(17-12)15(16)20/h3-5,10-11H,6-9H2,1-2H3,(H2,16,20). The van der Waals surface area contributed by atoms with E-state index in [1.807, 2.05) is 13.8 Å². The predicted octanol–water partition coefficient (Wildman–Crippen LogP) is -0.269. The SMILES string of the molecule is CC1CN(C(=O)CS(=O)(=O)Cc2cccc(C(N)=O)n2)CC(C)O1. The zero-order valence-corrected chi connectivity index (χ0v) is 14.5. The number of rotatable bonds is 5. The van der Waals surface area contributed by atoms with Crippen molar-refractivity contribution in [1.29, 1.82) is 0 Å². The summed E-state index contributed by atoms with van der Waals surface area (Å²) < 4.78 is 30.1. The fraction of sp³-hybridized carbons (Fsp3) is 0.533. The summed E-state index contributed by atoms with van der Waals surface area (Å²) >= 11 is 0. The first-order chi connectivity index (χ1) is 11.2. The van der Waals surface area contributed by atoms with E-state index in [0.717, 1.165) is 0 Å². The maximum Gasteiger partial charge on any atom is 0.267 e. The number of pyridine rings is 1. The lowest BCUT2D eigenvalue weighted by molar-refractivity contribution is -0.140. The Balaban J connectivity index is 2.04. The molecule has 2 amide bonds. The van der Waals surface area contributed by atoms with Gasteiger partial charge in [0.1, 0.15) is 11.4 Å². The van der Waals surface area contributed by atoms with E-state index in [0.29, 0.717) is 13.1 Å². The highest BCUT2D eigenvalue weighted by molar-refractivity contribution is 7.91. The molecule has 1 aromatic rings. The molecule has 2 N–H and O–H groups in total. The summed E-state index contributed by atoms with van der Waals surface area (Å²) in [6, 6.07) is 4.39. The first-order valence-corrected chi connectivity index (χ1v) is 9.38. The van der Waals surface area contributed by atoms with Gasteiger partial charge < -0.3 is 15.4 Å². The number of amides is 2. The molecule has 0 radical (unpaired) electrons. The third-order valence-corrected chi connectivity index (χ3v) is 4.97. The van der Waals surface area contributed by atoms with Crippen LogP contribution in [0.2, 0.25) is 0 Å². The maximum atomic E-state index is 12.3. The normalized spacial score (nSPS) is 21.5. The summed E-state index contributed by atoms with van der Waals surface area (Å²) in [7, 11) is -3.71. The zero-order chi connectivity index (χ0) is 17.9. The van der Waals surface area contributed by atoms with E-state index in [2.05, 4.69) is 4.98 Å². The fourth-order valence-electron chi connectivity index (χ4n) is 2.63. The summed E-state index contributed by atoms with van der Waals surface area (Å²) in [5.41, 5.74) is 5.30. The molecular formula is C15H21N3O5S. The van der Waals surface area contributed by atoms with Crippen molar-refractivity contribution < 1.29 is 22.7 Å². The molecule has 9 heteroatoms. The number of ether oxygens (including phenoxy) is 1. The number of nitrogens with zero attached hydrogens (tertiary/aromatic N) is 2. The van der Waals surface area contributed by atoms with Crippen LogP contribution in [0.3, 0.4) is 0 Å². The Morgan fingerprint density at radius 3 is 2.50 bits per heavy atom. The zero-order valence-electron chi connectivity index (χ0n) is 13.6. The molecule has 1 saturated heterocycles. The lowest BCUT2D eigenvalue weighted by atomic mass is 10.2. The minimum Gasteiger partial charge on any atom is -0.372 e. The summed E-state index contributed by atoms with van der Waals surface area (Å²) in [4.78, 5) is 28.8. The van der Waals surface area contributed by atoms with Crippen LogP contribution in [0.15, 0.2) is 18.2 Å². The summed E-state index contributed by atoms with van der Waals surface area (Å²) in [5, 5.41) is 0. The van der Waals surface area contributed by atoms with Gasteiger partial charge in [-0.15, -0.1) is 0 Å². The van der Waals surface area contributed by atoms with Crippen molar-refractivity contribution in [3.63, 3.8) is 0 Å². The third-order valence-electron chi connectivity index (χ3n) is 3.54. The largest absolute Gasteiger partial charge is 0.372 e. The van der Waals surface area contributed by atoms with Crippen molar-refractivity contribution in [3.8, 4) is 0 Å². The maximum absolute atomic E-state index is 12.3. The topological polar surface area (TPSA) is 120 Å². The number of carbonyl (C=O) groups is 2. The molecule has 0 saturated carbocycles. The molecule has 1 aromatic heterocycles. The van der Waals surface area contributed by atoms with Crippen molar-refractivity contribution in [2.24, 2.45) is 5.73 Å². The first-order valence-electron chi connectivity index (χ1n) is 7.55. The van der Waals surface area contributed by atoms with Gasteiger partial charge in [-0.25, -0.2) is 13.4 Å². The van der Waals surface area contributed by atoms with E-state index in [1.54, 1.807) is 0 Å². The van der Waals surface area contributed by atoms with E-state index in [-0.39, 0.29) is 23.6 Å². The summed E-state index contributed by atoms with van der Waals surface area (Å²) in [5.74, 6) is -2.21. The quantitative estimate of drug-likeness (QED) is 0.776. The third kappa shape index (κ3) is 5.00. The van der Waals surface area contributed by atoms with Crippen molar-refractivity contribution in [1.82, 2.24) is 9.88 Å². The molecule has 1 aliphatic heterocycles. The van der Waals surface area contributed by atoms with Crippen LogP contribution >= 0.6 is 0 Å². The molecule has 0 aliphatic carbocycles. The number of hydrogen-bond acceptors (Lipinski definition) is 6. The average molecular weight is 355 g/mol. The van der Waals surface area contributed by atoms with Crippen molar-refractivity contribution >= 4 is 21.7 Å². The highest BCUT2D eigenvalue weighted by atomic mass is 32.2. The summed E-state index contributed by atoms with van der Waals surface area (Å²) in [6.07, 6.45) is -0.261. The number of aromatic nitrogens is 1. The van der Waals surface area contributed by atoms with E-state index < -0.39 is 33.2 Å². The molecule has 2 heterocycles. The highest BCUT2D eigenvalue weighted by Crippen LogP contribution is 2.13. The van der Waals surface area contributed by atoms with Gasteiger partial charge in [0.15, 0.2) is 9.84 Å². The van der Waals surface area contributed by atoms with Crippen LogP contribution in [0, 0.1) is 0 Å². The van der Waals surface area contributed by atoms with Gasteiger partial charge in [0, 0.05) is 13.1 Å². The van der Waals surface area contributed by atoms with Crippen LogP contribution in [-0.4, -0.2) is 61.2 Å². The van der Waals surface area contributed by atoms with Gasteiger partial charge in [0.2, 0.25) is 5.91 Å². The molecular weight excluding hydrogens is 334 g/mol. The second-order valence-corrected chi connectivity index (χ2v) is 8.03. The number of primary amides is 1. The molecule has 0 aromatic carbocycles. The van der Waals surface area contributed by atoms with Gasteiger partial charge in [-0.2, -0.15) is 0 Å². The van der Waals surface area contributed by atoms with Gasteiger partial charge >= 0.3 is 0 Å². The van der Waals surface area contributed by atoms with Gasteiger partial charge in [0.25, 0.3) is 5.91 Å². The fourth-order valence-corrected chi connectivity index (χ4v) is 3.91. The van der Waals surface area contributed by atoms with Crippen LogP contribution in [-0.2, 0) is 25.1 Å². The number of carbonyl (C=O) groups excluding carboxylic acids is 2. The Morgan fingerprint density at radius 2 is 1.92 bits per heavy atom. The van der Waals surface area contributed by atoms with Gasteiger partial charge in [0.05, 0.1) is 23.7 Å². The first kappa shape index (κ1) is 18.3. The van der Waals surface area contributed by atoms with Gasteiger partial charge in [-0.1, -0.05) is 6.07 Å².